The van der Waals surface area contributed by atoms with Gasteiger partial charge >= 0.3 is 18.9 Å². The zero-order valence-electron chi connectivity index (χ0n) is 8.14. The van der Waals surface area contributed by atoms with E-state index in [0.29, 0.717) is 5.75 Å². The van der Waals surface area contributed by atoms with Crippen molar-refractivity contribution < 1.29 is 5.11 Å². The molecular formula is C14H11LiO. The molecule has 0 aliphatic carbocycles. The standard InChI is InChI=1S/C14H10O.Li.H/c15-14-7-3-6-12-8-10-4-1-2-5-11(10)9-13(12)14;;/h1-9,15H;;. The van der Waals surface area contributed by atoms with E-state index in [-0.39, 0.29) is 18.9 Å². The Morgan fingerprint density at radius 3 is 2.06 bits per heavy atom. The van der Waals surface area contributed by atoms with Gasteiger partial charge in [0, 0.05) is 5.39 Å². The minimum atomic E-state index is 0. The molecule has 3 aromatic rings. The van der Waals surface area contributed by atoms with Crippen LogP contribution in [-0.4, -0.2) is 24.0 Å². The molecule has 16 heavy (non-hydrogen) atoms. The molecule has 0 spiro atoms. The van der Waals surface area contributed by atoms with Crippen molar-refractivity contribution in [2.75, 3.05) is 0 Å². The fraction of sp³-hybridized carbons (Fsp3) is 0. The average Bonchev–Trinajstić information content (AvgIpc) is 2.27. The Bertz CT molecular complexity index is 646. The van der Waals surface area contributed by atoms with Crippen LogP contribution in [0.3, 0.4) is 0 Å². The molecule has 0 fully saturated rings. The maximum absolute atomic E-state index is 9.73. The Labute approximate surface area is 106 Å². The van der Waals surface area contributed by atoms with Gasteiger partial charge in [0.05, 0.1) is 0 Å². The van der Waals surface area contributed by atoms with Crippen molar-refractivity contribution >= 4 is 40.4 Å². The zero-order chi connectivity index (χ0) is 10.3. The van der Waals surface area contributed by atoms with Crippen LogP contribution in [0.1, 0.15) is 0 Å². The third kappa shape index (κ3) is 1.69. The third-order valence-corrected chi connectivity index (χ3v) is 2.72. The van der Waals surface area contributed by atoms with Crippen molar-refractivity contribution in [3.8, 4) is 5.75 Å². The van der Waals surface area contributed by atoms with Gasteiger partial charge in [-0.2, -0.15) is 0 Å². The summed E-state index contributed by atoms with van der Waals surface area (Å²) in [4.78, 5) is 0. The third-order valence-electron chi connectivity index (χ3n) is 2.72. The predicted molar refractivity (Wildman–Crippen MR) is 70.3 cm³/mol. The van der Waals surface area contributed by atoms with E-state index in [1.165, 1.54) is 5.39 Å². The van der Waals surface area contributed by atoms with Gasteiger partial charge in [0.1, 0.15) is 5.75 Å². The van der Waals surface area contributed by atoms with Crippen LogP contribution >= 0.6 is 0 Å². The summed E-state index contributed by atoms with van der Waals surface area (Å²) in [6, 6.07) is 17.9. The fourth-order valence-electron chi connectivity index (χ4n) is 1.95. The Morgan fingerprint density at radius 2 is 1.31 bits per heavy atom. The molecule has 2 heteroatoms. The van der Waals surface area contributed by atoms with Crippen molar-refractivity contribution in [2.24, 2.45) is 0 Å². The number of fused-ring (bicyclic) bond motifs is 2. The fourth-order valence-corrected chi connectivity index (χ4v) is 1.95. The van der Waals surface area contributed by atoms with E-state index in [2.05, 4.69) is 18.2 Å². The molecule has 1 N–H and O–H groups in total. The molecule has 0 atom stereocenters. The molecule has 0 heterocycles. The van der Waals surface area contributed by atoms with Gasteiger partial charge in [-0.05, 0) is 34.4 Å². The molecule has 0 saturated carbocycles. The maximum atomic E-state index is 9.73. The monoisotopic (exact) mass is 202 g/mol. The molecule has 3 rings (SSSR count). The van der Waals surface area contributed by atoms with Gasteiger partial charge in [-0.15, -0.1) is 0 Å². The molecule has 0 radical (unpaired) electrons. The first-order chi connectivity index (χ1) is 7.34. The molecule has 0 amide bonds. The van der Waals surface area contributed by atoms with Crippen LogP contribution in [0.2, 0.25) is 0 Å². The number of hydrogen-bond donors (Lipinski definition) is 1. The number of aromatic hydroxyl groups is 1. The number of rotatable bonds is 0. The summed E-state index contributed by atoms with van der Waals surface area (Å²) in [5.41, 5.74) is 0. The SMILES string of the molecule is Oc1cccc2cc3ccccc3cc12.[LiH]. The van der Waals surface area contributed by atoms with Crippen LogP contribution in [0.25, 0.3) is 21.5 Å². The Balaban J connectivity index is 0.000000963. The number of phenols is 1. The van der Waals surface area contributed by atoms with Crippen LogP contribution < -0.4 is 0 Å². The molecule has 1 nitrogen and oxygen atoms in total. The van der Waals surface area contributed by atoms with Gasteiger partial charge in [0.25, 0.3) is 0 Å². The van der Waals surface area contributed by atoms with Crippen LogP contribution in [-0.2, 0) is 0 Å². The summed E-state index contributed by atoms with van der Waals surface area (Å²) >= 11 is 0. The van der Waals surface area contributed by atoms with Gasteiger partial charge in [-0.1, -0.05) is 36.4 Å². The predicted octanol–water partition coefficient (Wildman–Crippen LogP) is 3.05. The average molecular weight is 202 g/mol. The summed E-state index contributed by atoms with van der Waals surface area (Å²) in [7, 11) is 0. The molecule has 0 aromatic heterocycles. The van der Waals surface area contributed by atoms with E-state index in [0.717, 1.165) is 16.2 Å². The summed E-state index contributed by atoms with van der Waals surface area (Å²) in [5.74, 6) is 0.346. The molecule has 0 aliphatic heterocycles. The van der Waals surface area contributed by atoms with Gasteiger partial charge < -0.3 is 5.11 Å². The zero-order valence-corrected chi connectivity index (χ0v) is 8.14. The van der Waals surface area contributed by atoms with E-state index in [4.69, 9.17) is 0 Å². The van der Waals surface area contributed by atoms with Gasteiger partial charge in [-0.3, -0.25) is 0 Å². The molecule has 74 valence electrons. The second-order valence-electron chi connectivity index (χ2n) is 3.70. The van der Waals surface area contributed by atoms with Crippen molar-refractivity contribution in [1.29, 1.82) is 0 Å². The quantitative estimate of drug-likeness (QED) is 0.438. The number of benzene rings is 3. The van der Waals surface area contributed by atoms with Crippen LogP contribution in [0.4, 0.5) is 0 Å². The summed E-state index contributed by atoms with van der Waals surface area (Å²) < 4.78 is 0. The Morgan fingerprint density at radius 1 is 0.688 bits per heavy atom. The molecular weight excluding hydrogens is 191 g/mol. The Hall–Kier alpha value is -1.42. The summed E-state index contributed by atoms with van der Waals surface area (Å²) in [5, 5.41) is 14.1. The topological polar surface area (TPSA) is 20.2 Å². The first-order valence-electron chi connectivity index (χ1n) is 4.95. The van der Waals surface area contributed by atoms with E-state index in [1.807, 2.05) is 30.3 Å². The first-order valence-corrected chi connectivity index (χ1v) is 4.95. The van der Waals surface area contributed by atoms with E-state index in [1.54, 1.807) is 6.07 Å². The number of hydrogen-bond acceptors (Lipinski definition) is 1. The van der Waals surface area contributed by atoms with Crippen molar-refractivity contribution in [3.63, 3.8) is 0 Å². The van der Waals surface area contributed by atoms with Crippen LogP contribution in [0, 0.1) is 0 Å². The van der Waals surface area contributed by atoms with E-state index in [9.17, 15) is 5.11 Å². The number of phenolic OH excluding ortho intramolecular Hbond substituents is 1. The van der Waals surface area contributed by atoms with Crippen LogP contribution in [0.5, 0.6) is 5.75 Å². The normalized spacial score (nSPS) is 10.2. The molecule has 0 saturated heterocycles. The van der Waals surface area contributed by atoms with Crippen LogP contribution in [0.15, 0.2) is 54.6 Å². The second kappa shape index (κ2) is 4.21. The molecule has 0 aliphatic rings. The van der Waals surface area contributed by atoms with Crippen molar-refractivity contribution in [3.05, 3.63) is 54.6 Å². The second-order valence-corrected chi connectivity index (χ2v) is 3.70. The van der Waals surface area contributed by atoms with E-state index >= 15 is 0 Å². The first kappa shape index (κ1) is 11.1. The molecule has 0 bridgehead atoms. The summed E-state index contributed by atoms with van der Waals surface area (Å²) in [6.45, 7) is 0. The van der Waals surface area contributed by atoms with E-state index < -0.39 is 0 Å². The van der Waals surface area contributed by atoms with Gasteiger partial charge in [0.2, 0.25) is 0 Å². The van der Waals surface area contributed by atoms with Gasteiger partial charge in [-0.25, -0.2) is 0 Å². The summed E-state index contributed by atoms with van der Waals surface area (Å²) in [6.07, 6.45) is 0. The van der Waals surface area contributed by atoms with Crippen molar-refractivity contribution in [2.45, 2.75) is 0 Å². The minimum absolute atomic E-state index is 0. The van der Waals surface area contributed by atoms with Gasteiger partial charge in [0.15, 0.2) is 0 Å². The molecule has 3 aromatic carbocycles. The molecule has 0 unspecified atom stereocenters. The Kier molecular flexibility index (Phi) is 2.92. The van der Waals surface area contributed by atoms with Crippen molar-refractivity contribution in [1.82, 2.24) is 0 Å².